The van der Waals surface area contributed by atoms with Gasteiger partial charge in [0.25, 0.3) is 0 Å². The standard InChI is InChI=1S/C10H14FN3O3/c11-10(5-15)3-6(7(16)4-10)14-2-1-8(12)13-9(14)17/h1-2,6-7,15-16H,3-5H2,(H2,12,13,17). The maximum Gasteiger partial charge on any atom is 0.349 e. The summed E-state index contributed by atoms with van der Waals surface area (Å²) < 4.78 is 15.0. The number of aliphatic hydroxyl groups excluding tert-OH is 2. The lowest BCUT2D eigenvalue weighted by Gasteiger charge is -2.17. The molecule has 0 amide bonds. The van der Waals surface area contributed by atoms with E-state index in [4.69, 9.17) is 10.8 Å². The highest BCUT2D eigenvalue weighted by Crippen LogP contribution is 2.39. The summed E-state index contributed by atoms with van der Waals surface area (Å²) in [6.07, 6.45) is 0.0540. The first kappa shape index (κ1) is 12.0. The molecule has 94 valence electrons. The van der Waals surface area contributed by atoms with Crippen LogP contribution in [-0.2, 0) is 0 Å². The molecule has 6 nitrogen and oxygen atoms in total. The van der Waals surface area contributed by atoms with Crippen LogP contribution in [0.15, 0.2) is 17.1 Å². The highest BCUT2D eigenvalue weighted by molar-refractivity contribution is 5.23. The van der Waals surface area contributed by atoms with Gasteiger partial charge in [-0.2, -0.15) is 4.98 Å². The number of nitrogen functional groups attached to an aromatic ring is 1. The summed E-state index contributed by atoms with van der Waals surface area (Å²) in [5, 5.41) is 18.6. The van der Waals surface area contributed by atoms with Crippen molar-refractivity contribution in [2.75, 3.05) is 12.3 Å². The molecule has 2 rings (SSSR count). The molecule has 0 spiro atoms. The first-order chi connectivity index (χ1) is 7.95. The van der Waals surface area contributed by atoms with Gasteiger partial charge >= 0.3 is 5.69 Å². The van der Waals surface area contributed by atoms with Gasteiger partial charge in [0.15, 0.2) is 0 Å². The number of alkyl halides is 1. The zero-order valence-corrected chi connectivity index (χ0v) is 9.08. The van der Waals surface area contributed by atoms with Crippen LogP contribution in [0.2, 0.25) is 0 Å². The third-order valence-corrected chi connectivity index (χ3v) is 3.09. The van der Waals surface area contributed by atoms with E-state index in [-0.39, 0.29) is 18.7 Å². The van der Waals surface area contributed by atoms with Crippen molar-refractivity contribution in [3.8, 4) is 0 Å². The molecule has 1 aliphatic carbocycles. The van der Waals surface area contributed by atoms with Crippen molar-refractivity contribution in [3.05, 3.63) is 22.7 Å². The molecule has 4 N–H and O–H groups in total. The Balaban J connectivity index is 2.32. The third kappa shape index (κ3) is 2.16. The first-order valence-electron chi connectivity index (χ1n) is 5.28. The normalized spacial score (nSPS) is 32.9. The quantitative estimate of drug-likeness (QED) is 0.632. The average molecular weight is 243 g/mol. The topological polar surface area (TPSA) is 101 Å². The van der Waals surface area contributed by atoms with E-state index in [1.54, 1.807) is 0 Å². The van der Waals surface area contributed by atoms with Crippen LogP contribution in [0.3, 0.4) is 0 Å². The van der Waals surface area contributed by atoms with E-state index < -0.39 is 30.1 Å². The zero-order valence-electron chi connectivity index (χ0n) is 9.08. The van der Waals surface area contributed by atoms with Gasteiger partial charge in [-0.3, -0.25) is 4.57 Å². The molecule has 1 aliphatic rings. The van der Waals surface area contributed by atoms with Crippen LogP contribution in [0, 0.1) is 0 Å². The Morgan fingerprint density at radius 3 is 2.88 bits per heavy atom. The smallest absolute Gasteiger partial charge is 0.349 e. The van der Waals surface area contributed by atoms with Crippen molar-refractivity contribution in [2.24, 2.45) is 0 Å². The van der Waals surface area contributed by atoms with Gasteiger partial charge in [0.05, 0.1) is 18.8 Å². The van der Waals surface area contributed by atoms with Gasteiger partial charge in [-0.05, 0) is 6.07 Å². The van der Waals surface area contributed by atoms with Gasteiger partial charge < -0.3 is 15.9 Å². The Morgan fingerprint density at radius 2 is 2.35 bits per heavy atom. The van der Waals surface area contributed by atoms with Gasteiger partial charge in [-0.25, -0.2) is 9.18 Å². The van der Waals surface area contributed by atoms with Crippen molar-refractivity contribution in [3.63, 3.8) is 0 Å². The Kier molecular flexibility index (Phi) is 2.88. The molecular formula is C10H14FN3O3. The van der Waals surface area contributed by atoms with Gasteiger partial charge in [-0.15, -0.1) is 0 Å². The molecule has 7 heteroatoms. The number of halogens is 1. The summed E-state index contributed by atoms with van der Waals surface area (Å²) >= 11 is 0. The second kappa shape index (κ2) is 4.08. The predicted octanol–water partition coefficient (Wildman–Crippen LogP) is -0.778. The molecule has 1 aromatic rings. The number of aromatic nitrogens is 2. The van der Waals surface area contributed by atoms with E-state index in [2.05, 4.69) is 4.98 Å². The Hall–Kier alpha value is -1.47. The van der Waals surface area contributed by atoms with Crippen LogP contribution < -0.4 is 11.4 Å². The summed E-state index contributed by atoms with van der Waals surface area (Å²) in [5.74, 6) is 0.0763. The molecule has 3 unspecified atom stereocenters. The second-order valence-electron chi connectivity index (χ2n) is 4.39. The molecule has 0 bridgehead atoms. The lowest BCUT2D eigenvalue weighted by atomic mass is 10.1. The van der Waals surface area contributed by atoms with Crippen LogP contribution >= 0.6 is 0 Å². The van der Waals surface area contributed by atoms with Crippen molar-refractivity contribution >= 4 is 5.82 Å². The fourth-order valence-corrected chi connectivity index (χ4v) is 2.20. The van der Waals surface area contributed by atoms with E-state index in [1.807, 2.05) is 0 Å². The fraction of sp³-hybridized carbons (Fsp3) is 0.600. The summed E-state index contributed by atoms with van der Waals surface area (Å²) in [5.41, 5.74) is 2.87. The van der Waals surface area contributed by atoms with E-state index in [1.165, 1.54) is 12.3 Å². The number of anilines is 1. The molecule has 17 heavy (non-hydrogen) atoms. The van der Waals surface area contributed by atoms with Crippen LogP contribution in [0.5, 0.6) is 0 Å². The van der Waals surface area contributed by atoms with Crippen LogP contribution in [0.4, 0.5) is 10.2 Å². The van der Waals surface area contributed by atoms with E-state index in [0.29, 0.717) is 0 Å². The van der Waals surface area contributed by atoms with Crippen LogP contribution in [0.25, 0.3) is 0 Å². The average Bonchev–Trinajstić information content (AvgIpc) is 2.55. The van der Waals surface area contributed by atoms with Gasteiger partial charge in [0, 0.05) is 19.0 Å². The monoisotopic (exact) mass is 243 g/mol. The number of hydrogen-bond acceptors (Lipinski definition) is 5. The molecule has 0 aliphatic heterocycles. The second-order valence-corrected chi connectivity index (χ2v) is 4.39. The number of nitrogens with zero attached hydrogens (tertiary/aromatic N) is 2. The van der Waals surface area contributed by atoms with Crippen molar-refractivity contribution in [2.45, 2.75) is 30.7 Å². The highest BCUT2D eigenvalue weighted by Gasteiger charge is 2.46. The summed E-state index contributed by atoms with van der Waals surface area (Å²) in [6.45, 7) is -0.669. The number of nitrogens with two attached hydrogens (primary N) is 1. The maximum atomic E-state index is 13.9. The predicted molar refractivity (Wildman–Crippen MR) is 58.1 cm³/mol. The minimum Gasteiger partial charge on any atom is -0.393 e. The minimum atomic E-state index is -1.84. The van der Waals surface area contributed by atoms with E-state index >= 15 is 0 Å². The summed E-state index contributed by atoms with van der Waals surface area (Å²) in [6, 6.07) is 0.693. The fourth-order valence-electron chi connectivity index (χ4n) is 2.20. The Morgan fingerprint density at radius 1 is 1.65 bits per heavy atom. The van der Waals surface area contributed by atoms with E-state index in [9.17, 15) is 14.3 Å². The number of hydrogen-bond donors (Lipinski definition) is 3. The highest BCUT2D eigenvalue weighted by atomic mass is 19.1. The molecule has 0 saturated heterocycles. The molecular weight excluding hydrogens is 229 g/mol. The van der Waals surface area contributed by atoms with Crippen molar-refractivity contribution < 1.29 is 14.6 Å². The van der Waals surface area contributed by atoms with Crippen molar-refractivity contribution in [1.29, 1.82) is 0 Å². The molecule has 1 heterocycles. The van der Waals surface area contributed by atoms with Crippen LogP contribution in [0.1, 0.15) is 18.9 Å². The summed E-state index contributed by atoms with van der Waals surface area (Å²) in [7, 11) is 0. The molecule has 1 aromatic heterocycles. The van der Waals surface area contributed by atoms with Gasteiger partial charge in [0.1, 0.15) is 11.5 Å². The Labute approximate surface area is 96.5 Å². The zero-order chi connectivity index (χ0) is 12.6. The maximum absolute atomic E-state index is 13.9. The first-order valence-corrected chi connectivity index (χ1v) is 5.28. The van der Waals surface area contributed by atoms with Crippen molar-refractivity contribution in [1.82, 2.24) is 9.55 Å². The molecule has 0 aromatic carbocycles. The molecule has 3 atom stereocenters. The third-order valence-electron chi connectivity index (χ3n) is 3.09. The van der Waals surface area contributed by atoms with Crippen LogP contribution in [-0.4, -0.2) is 38.1 Å². The Bertz CT molecular complexity index is 478. The lowest BCUT2D eigenvalue weighted by Crippen LogP contribution is -2.31. The number of aliphatic hydroxyl groups is 2. The largest absolute Gasteiger partial charge is 0.393 e. The number of rotatable bonds is 2. The van der Waals surface area contributed by atoms with E-state index in [0.717, 1.165) is 4.57 Å². The SMILES string of the molecule is Nc1ccn(C2CC(F)(CO)CC2O)c(=O)n1. The minimum absolute atomic E-state index is 0.0763. The van der Waals surface area contributed by atoms with Gasteiger partial charge in [0.2, 0.25) is 0 Å². The van der Waals surface area contributed by atoms with Gasteiger partial charge in [-0.1, -0.05) is 0 Å². The summed E-state index contributed by atoms with van der Waals surface area (Å²) in [4.78, 5) is 15.1. The molecule has 1 saturated carbocycles. The molecule has 1 fully saturated rings. The lowest BCUT2D eigenvalue weighted by molar-refractivity contribution is 0.0606. The molecule has 0 radical (unpaired) electrons.